The largest absolute Gasteiger partial charge is 0.497 e. The number of anilines is 2. The van der Waals surface area contributed by atoms with E-state index in [-0.39, 0.29) is 0 Å². The predicted molar refractivity (Wildman–Crippen MR) is 107 cm³/mol. The summed E-state index contributed by atoms with van der Waals surface area (Å²) in [6.07, 6.45) is 0.853. The SMILES string of the molecule is COc1cc(CN2CCc3c(N)nc(N4CCOCC4)nc3C2)cc(OC)c1. The average molecular weight is 385 g/mol. The number of fused-ring (bicyclic) bond motifs is 1. The quantitative estimate of drug-likeness (QED) is 0.828. The number of rotatable bonds is 5. The molecular weight excluding hydrogens is 358 g/mol. The van der Waals surface area contributed by atoms with Crippen LogP contribution in [0.5, 0.6) is 11.5 Å². The van der Waals surface area contributed by atoms with Crippen molar-refractivity contribution in [1.82, 2.24) is 14.9 Å². The van der Waals surface area contributed by atoms with E-state index in [4.69, 9.17) is 24.9 Å². The first-order valence-corrected chi connectivity index (χ1v) is 9.58. The topological polar surface area (TPSA) is 86.0 Å². The molecule has 4 rings (SSSR count). The maximum Gasteiger partial charge on any atom is 0.227 e. The normalized spacial score (nSPS) is 17.3. The number of methoxy groups -OCH3 is 2. The maximum atomic E-state index is 6.26. The second kappa shape index (κ2) is 8.20. The van der Waals surface area contributed by atoms with E-state index in [1.165, 1.54) is 0 Å². The lowest BCUT2D eigenvalue weighted by Crippen LogP contribution is -2.38. The molecule has 2 aliphatic rings. The molecule has 1 aromatic heterocycles. The molecule has 2 aliphatic heterocycles. The smallest absolute Gasteiger partial charge is 0.227 e. The van der Waals surface area contributed by atoms with Gasteiger partial charge in [0.05, 0.1) is 33.1 Å². The van der Waals surface area contributed by atoms with E-state index < -0.39 is 0 Å². The van der Waals surface area contributed by atoms with Crippen LogP contribution in [0.25, 0.3) is 0 Å². The fourth-order valence-electron chi connectivity index (χ4n) is 3.76. The monoisotopic (exact) mass is 385 g/mol. The molecule has 0 spiro atoms. The molecule has 28 heavy (non-hydrogen) atoms. The number of hydrogen-bond acceptors (Lipinski definition) is 8. The van der Waals surface area contributed by atoms with Crippen LogP contribution in [0.1, 0.15) is 16.8 Å². The summed E-state index contributed by atoms with van der Waals surface area (Å²) >= 11 is 0. The van der Waals surface area contributed by atoms with E-state index in [0.29, 0.717) is 25.0 Å². The van der Waals surface area contributed by atoms with Crippen LogP contribution in [-0.4, -0.2) is 61.9 Å². The molecule has 0 atom stereocenters. The van der Waals surface area contributed by atoms with Gasteiger partial charge in [0.1, 0.15) is 17.3 Å². The lowest BCUT2D eigenvalue weighted by atomic mass is 10.0. The number of morpholine rings is 1. The Hall–Kier alpha value is -2.58. The molecule has 2 aromatic rings. The van der Waals surface area contributed by atoms with Gasteiger partial charge in [-0.2, -0.15) is 4.98 Å². The Kier molecular flexibility index (Phi) is 5.50. The van der Waals surface area contributed by atoms with Crippen LogP contribution in [0.2, 0.25) is 0 Å². The molecule has 0 aliphatic carbocycles. The van der Waals surface area contributed by atoms with Gasteiger partial charge in [-0.1, -0.05) is 0 Å². The summed E-state index contributed by atoms with van der Waals surface area (Å²) in [5.74, 6) is 2.92. The number of nitrogen functional groups attached to an aromatic ring is 1. The van der Waals surface area contributed by atoms with Gasteiger partial charge in [0.25, 0.3) is 0 Å². The molecule has 1 saturated heterocycles. The third-order valence-corrected chi connectivity index (χ3v) is 5.28. The van der Waals surface area contributed by atoms with E-state index in [0.717, 1.165) is 67.5 Å². The van der Waals surface area contributed by atoms with Crippen LogP contribution in [0.15, 0.2) is 18.2 Å². The highest BCUT2D eigenvalue weighted by molar-refractivity contribution is 5.49. The van der Waals surface area contributed by atoms with E-state index in [2.05, 4.69) is 14.8 Å². The molecule has 1 aromatic carbocycles. The summed E-state index contributed by atoms with van der Waals surface area (Å²) in [4.78, 5) is 13.9. The van der Waals surface area contributed by atoms with E-state index in [9.17, 15) is 0 Å². The van der Waals surface area contributed by atoms with Crippen molar-refractivity contribution in [2.75, 3.05) is 57.7 Å². The van der Waals surface area contributed by atoms with E-state index >= 15 is 0 Å². The molecule has 2 N–H and O–H groups in total. The number of benzene rings is 1. The van der Waals surface area contributed by atoms with Crippen molar-refractivity contribution >= 4 is 11.8 Å². The number of hydrogen-bond donors (Lipinski definition) is 1. The van der Waals surface area contributed by atoms with E-state index in [1.807, 2.05) is 18.2 Å². The average Bonchev–Trinajstić information content (AvgIpc) is 2.73. The summed E-state index contributed by atoms with van der Waals surface area (Å²) in [6, 6.07) is 5.98. The van der Waals surface area contributed by atoms with Crippen molar-refractivity contribution in [2.24, 2.45) is 0 Å². The van der Waals surface area contributed by atoms with Crippen LogP contribution >= 0.6 is 0 Å². The minimum atomic E-state index is 0.606. The minimum absolute atomic E-state index is 0.606. The van der Waals surface area contributed by atoms with Gasteiger partial charge in [-0.25, -0.2) is 4.98 Å². The third-order valence-electron chi connectivity index (χ3n) is 5.28. The second-order valence-electron chi connectivity index (χ2n) is 7.12. The lowest BCUT2D eigenvalue weighted by Gasteiger charge is -2.31. The van der Waals surface area contributed by atoms with Crippen molar-refractivity contribution in [1.29, 1.82) is 0 Å². The van der Waals surface area contributed by atoms with Gasteiger partial charge in [-0.05, 0) is 24.1 Å². The molecule has 0 saturated carbocycles. The van der Waals surface area contributed by atoms with Crippen LogP contribution in [0.4, 0.5) is 11.8 Å². The molecule has 1 fully saturated rings. The first kappa shape index (κ1) is 18.8. The zero-order valence-electron chi connectivity index (χ0n) is 16.5. The Balaban J connectivity index is 1.53. The van der Waals surface area contributed by atoms with Crippen molar-refractivity contribution in [3.63, 3.8) is 0 Å². The molecule has 150 valence electrons. The number of aromatic nitrogens is 2. The van der Waals surface area contributed by atoms with Crippen molar-refractivity contribution in [2.45, 2.75) is 19.5 Å². The summed E-state index contributed by atoms with van der Waals surface area (Å²) in [7, 11) is 3.34. The molecule has 8 heteroatoms. The van der Waals surface area contributed by atoms with E-state index in [1.54, 1.807) is 14.2 Å². The second-order valence-corrected chi connectivity index (χ2v) is 7.12. The fourth-order valence-corrected chi connectivity index (χ4v) is 3.76. The lowest BCUT2D eigenvalue weighted by molar-refractivity contribution is 0.122. The highest BCUT2D eigenvalue weighted by Gasteiger charge is 2.24. The van der Waals surface area contributed by atoms with Gasteiger partial charge < -0.3 is 24.8 Å². The van der Waals surface area contributed by atoms with Gasteiger partial charge in [-0.3, -0.25) is 4.90 Å². The number of ether oxygens (including phenoxy) is 3. The Morgan fingerprint density at radius 3 is 2.43 bits per heavy atom. The Labute approximate surface area is 165 Å². The zero-order valence-corrected chi connectivity index (χ0v) is 16.5. The Bertz CT molecular complexity index is 817. The number of nitrogens with two attached hydrogens (primary N) is 1. The van der Waals surface area contributed by atoms with Crippen molar-refractivity contribution in [3.05, 3.63) is 35.0 Å². The van der Waals surface area contributed by atoms with Gasteiger partial charge in [0, 0.05) is 44.4 Å². The summed E-state index contributed by atoms with van der Waals surface area (Å²) in [6.45, 7) is 5.45. The number of nitrogens with zero attached hydrogens (tertiary/aromatic N) is 4. The van der Waals surface area contributed by atoms with Gasteiger partial charge in [0.2, 0.25) is 5.95 Å². The highest BCUT2D eigenvalue weighted by atomic mass is 16.5. The van der Waals surface area contributed by atoms with Gasteiger partial charge >= 0.3 is 0 Å². The molecule has 8 nitrogen and oxygen atoms in total. The molecule has 0 bridgehead atoms. The fraction of sp³-hybridized carbons (Fsp3) is 0.500. The first-order chi connectivity index (χ1) is 13.7. The molecule has 0 amide bonds. The van der Waals surface area contributed by atoms with Crippen LogP contribution < -0.4 is 20.1 Å². The highest BCUT2D eigenvalue weighted by Crippen LogP contribution is 2.28. The van der Waals surface area contributed by atoms with Crippen molar-refractivity contribution < 1.29 is 14.2 Å². The van der Waals surface area contributed by atoms with Crippen molar-refractivity contribution in [3.8, 4) is 11.5 Å². The Morgan fingerprint density at radius 2 is 1.75 bits per heavy atom. The zero-order chi connectivity index (χ0) is 19.5. The summed E-state index contributed by atoms with van der Waals surface area (Å²) < 4.78 is 16.2. The molecule has 0 unspecified atom stereocenters. The Morgan fingerprint density at radius 1 is 1.04 bits per heavy atom. The van der Waals surface area contributed by atoms with Crippen LogP contribution in [0, 0.1) is 0 Å². The minimum Gasteiger partial charge on any atom is -0.497 e. The third kappa shape index (κ3) is 3.98. The molecular formula is C20H27N5O3. The molecule has 0 radical (unpaired) electrons. The first-order valence-electron chi connectivity index (χ1n) is 9.58. The predicted octanol–water partition coefficient (Wildman–Crippen LogP) is 1.47. The standard InChI is InChI=1S/C20H27N5O3/c1-26-15-9-14(10-16(11-15)27-2)12-24-4-3-17-18(13-24)22-20(23-19(17)21)25-5-7-28-8-6-25/h9-11H,3-8,12-13H2,1-2H3,(H2,21,22,23). The summed E-state index contributed by atoms with van der Waals surface area (Å²) in [5, 5.41) is 0. The molecule has 3 heterocycles. The summed E-state index contributed by atoms with van der Waals surface area (Å²) in [5.41, 5.74) is 9.51. The van der Waals surface area contributed by atoms with Gasteiger partial charge in [-0.15, -0.1) is 0 Å². The maximum absolute atomic E-state index is 6.26. The van der Waals surface area contributed by atoms with Gasteiger partial charge in [0.15, 0.2) is 0 Å². The van der Waals surface area contributed by atoms with Crippen LogP contribution in [-0.2, 0) is 24.2 Å². The van der Waals surface area contributed by atoms with Crippen LogP contribution in [0.3, 0.4) is 0 Å².